The topological polar surface area (TPSA) is 70.7 Å². The van der Waals surface area contributed by atoms with Gasteiger partial charge in [0.05, 0.1) is 18.2 Å². The first kappa shape index (κ1) is 20.4. The molecule has 0 spiro atoms. The van der Waals surface area contributed by atoms with E-state index in [1.165, 1.54) is 0 Å². The third-order valence-electron chi connectivity index (χ3n) is 5.64. The summed E-state index contributed by atoms with van der Waals surface area (Å²) in [5.74, 6) is 0.348. The number of ether oxygens (including phenoxy) is 1. The fourth-order valence-electron chi connectivity index (χ4n) is 4.02. The van der Waals surface area contributed by atoms with Crippen LogP contribution in [0.5, 0.6) is 0 Å². The Labute approximate surface area is 167 Å². The number of rotatable bonds is 5. The zero-order chi connectivity index (χ0) is 20.3. The Balaban J connectivity index is 1.99. The van der Waals surface area contributed by atoms with E-state index in [1.54, 1.807) is 6.92 Å². The van der Waals surface area contributed by atoms with E-state index in [-0.39, 0.29) is 12.0 Å². The summed E-state index contributed by atoms with van der Waals surface area (Å²) in [6, 6.07) is 5.27. The Hall–Kier alpha value is -2.34. The average molecular weight is 386 g/mol. The molecule has 6 heteroatoms. The van der Waals surface area contributed by atoms with Gasteiger partial charge in [-0.1, -0.05) is 30.7 Å². The number of amides is 2. The number of nitrogens with zero attached hydrogens (tertiary/aromatic N) is 1. The second kappa shape index (κ2) is 8.78. The van der Waals surface area contributed by atoms with Gasteiger partial charge in [0.2, 0.25) is 0 Å². The Bertz CT molecular complexity index is 779. The number of carbonyl (C=O) groups is 2. The lowest BCUT2D eigenvalue weighted by molar-refractivity contribution is -0.139. The highest BCUT2D eigenvalue weighted by Gasteiger charge is 2.35. The largest absolute Gasteiger partial charge is 0.463 e. The molecule has 28 heavy (non-hydrogen) atoms. The van der Waals surface area contributed by atoms with Crippen molar-refractivity contribution in [2.75, 3.05) is 26.2 Å². The number of esters is 1. The molecule has 0 bridgehead atoms. The summed E-state index contributed by atoms with van der Waals surface area (Å²) in [6.45, 7) is 10.9. The fourth-order valence-corrected chi connectivity index (χ4v) is 4.02. The second-order valence-corrected chi connectivity index (χ2v) is 7.96. The number of benzene rings is 1. The van der Waals surface area contributed by atoms with Gasteiger partial charge in [-0.05, 0) is 63.7 Å². The molecule has 1 atom stereocenters. The Morgan fingerprint density at radius 1 is 1.25 bits per heavy atom. The van der Waals surface area contributed by atoms with Crippen LogP contribution in [0.2, 0.25) is 0 Å². The van der Waals surface area contributed by atoms with Crippen LogP contribution in [0, 0.1) is 19.8 Å². The van der Waals surface area contributed by atoms with E-state index in [1.807, 2.05) is 26.0 Å². The van der Waals surface area contributed by atoms with Crippen molar-refractivity contribution in [3.05, 3.63) is 46.2 Å². The van der Waals surface area contributed by atoms with Crippen molar-refractivity contribution in [3.63, 3.8) is 0 Å². The molecule has 1 fully saturated rings. The molecule has 3 rings (SSSR count). The molecule has 2 aliphatic rings. The van der Waals surface area contributed by atoms with Crippen molar-refractivity contribution in [1.82, 2.24) is 15.5 Å². The number of likely N-dealkylation sites (tertiary alicyclic amines) is 1. The molecule has 2 aliphatic heterocycles. The first-order valence-corrected chi connectivity index (χ1v) is 10.2. The van der Waals surface area contributed by atoms with E-state index in [4.69, 9.17) is 4.74 Å². The molecule has 0 aromatic heterocycles. The molecular formula is C22H31N3O3. The first-order valence-electron chi connectivity index (χ1n) is 10.2. The van der Waals surface area contributed by atoms with Crippen molar-refractivity contribution in [2.24, 2.45) is 5.92 Å². The van der Waals surface area contributed by atoms with Crippen LogP contribution in [0.1, 0.15) is 49.4 Å². The molecule has 1 saturated heterocycles. The molecular weight excluding hydrogens is 354 g/mol. The van der Waals surface area contributed by atoms with Crippen LogP contribution in [0.3, 0.4) is 0 Å². The molecule has 0 unspecified atom stereocenters. The van der Waals surface area contributed by atoms with E-state index in [0.717, 1.165) is 48.5 Å². The van der Waals surface area contributed by atoms with Gasteiger partial charge in [-0.15, -0.1) is 0 Å². The first-order chi connectivity index (χ1) is 13.4. The van der Waals surface area contributed by atoms with Gasteiger partial charge in [0, 0.05) is 12.2 Å². The number of carbonyl (C=O) groups excluding carboxylic acids is 2. The molecule has 0 aliphatic carbocycles. The maximum Gasteiger partial charge on any atom is 0.338 e. The molecule has 0 radical (unpaired) electrons. The zero-order valence-corrected chi connectivity index (χ0v) is 17.3. The molecule has 2 amide bonds. The minimum Gasteiger partial charge on any atom is -0.463 e. The fraction of sp³-hybridized carbons (Fsp3) is 0.545. The lowest BCUT2D eigenvalue weighted by Gasteiger charge is -2.35. The monoisotopic (exact) mass is 385 g/mol. The maximum atomic E-state index is 12.9. The summed E-state index contributed by atoms with van der Waals surface area (Å²) in [5, 5.41) is 5.81. The maximum absolute atomic E-state index is 12.9. The van der Waals surface area contributed by atoms with Crippen molar-refractivity contribution in [3.8, 4) is 0 Å². The van der Waals surface area contributed by atoms with Crippen molar-refractivity contribution >= 4 is 12.0 Å². The molecule has 1 aromatic carbocycles. The summed E-state index contributed by atoms with van der Waals surface area (Å²) in [6.07, 6.45) is 2.27. The van der Waals surface area contributed by atoms with Gasteiger partial charge in [0.15, 0.2) is 0 Å². The van der Waals surface area contributed by atoms with Gasteiger partial charge < -0.3 is 15.4 Å². The normalized spacial score (nSPS) is 21.3. The lowest BCUT2D eigenvalue weighted by Crippen LogP contribution is -2.49. The Kier molecular flexibility index (Phi) is 6.39. The molecule has 2 heterocycles. The highest BCUT2D eigenvalue weighted by molar-refractivity contribution is 5.95. The van der Waals surface area contributed by atoms with Crippen molar-refractivity contribution in [2.45, 2.75) is 46.6 Å². The number of aryl methyl sites for hydroxylation is 2. The van der Waals surface area contributed by atoms with Gasteiger partial charge in [-0.25, -0.2) is 9.59 Å². The van der Waals surface area contributed by atoms with Gasteiger partial charge in [-0.2, -0.15) is 0 Å². The van der Waals surface area contributed by atoms with Crippen molar-refractivity contribution in [1.29, 1.82) is 0 Å². The highest BCUT2D eigenvalue weighted by Crippen LogP contribution is 2.31. The SMILES string of the molecule is CCOC(=O)C1=C(CN2CCC(C)CC2)NC(=O)N[C@@H]1c1ccc(C)cc1C. The van der Waals surface area contributed by atoms with Crippen LogP contribution >= 0.6 is 0 Å². The van der Waals surface area contributed by atoms with Crippen LogP contribution in [0.15, 0.2) is 29.5 Å². The zero-order valence-electron chi connectivity index (χ0n) is 17.3. The van der Waals surface area contributed by atoms with Crippen LogP contribution < -0.4 is 10.6 Å². The quantitative estimate of drug-likeness (QED) is 0.764. The van der Waals surface area contributed by atoms with E-state index >= 15 is 0 Å². The minimum absolute atomic E-state index is 0.279. The average Bonchev–Trinajstić information content (AvgIpc) is 2.63. The molecule has 1 aromatic rings. The predicted octanol–water partition coefficient (Wildman–Crippen LogP) is 3.21. The third kappa shape index (κ3) is 4.55. The van der Waals surface area contributed by atoms with Crippen LogP contribution in [0.25, 0.3) is 0 Å². The number of hydrogen-bond acceptors (Lipinski definition) is 4. The van der Waals surface area contributed by atoms with E-state index < -0.39 is 6.04 Å². The predicted molar refractivity (Wildman–Crippen MR) is 109 cm³/mol. The van der Waals surface area contributed by atoms with Crippen LogP contribution in [-0.4, -0.2) is 43.1 Å². The van der Waals surface area contributed by atoms with Gasteiger partial charge in [-0.3, -0.25) is 4.90 Å². The van der Waals surface area contributed by atoms with Gasteiger partial charge >= 0.3 is 12.0 Å². The van der Waals surface area contributed by atoms with E-state index in [9.17, 15) is 9.59 Å². The smallest absolute Gasteiger partial charge is 0.338 e. The van der Waals surface area contributed by atoms with Gasteiger partial charge in [0.25, 0.3) is 0 Å². The second-order valence-electron chi connectivity index (χ2n) is 7.96. The molecule has 2 N–H and O–H groups in total. The van der Waals surface area contributed by atoms with E-state index in [2.05, 4.69) is 28.5 Å². The summed E-state index contributed by atoms with van der Waals surface area (Å²) < 4.78 is 5.36. The highest BCUT2D eigenvalue weighted by atomic mass is 16.5. The van der Waals surface area contributed by atoms with Crippen LogP contribution in [0.4, 0.5) is 4.79 Å². The molecule has 0 saturated carbocycles. The number of urea groups is 1. The summed E-state index contributed by atoms with van der Waals surface area (Å²) in [7, 11) is 0. The Morgan fingerprint density at radius 3 is 2.61 bits per heavy atom. The minimum atomic E-state index is -0.507. The van der Waals surface area contributed by atoms with E-state index in [0.29, 0.717) is 24.4 Å². The van der Waals surface area contributed by atoms with Crippen molar-refractivity contribution < 1.29 is 14.3 Å². The number of piperidine rings is 1. The Morgan fingerprint density at radius 2 is 1.96 bits per heavy atom. The van der Waals surface area contributed by atoms with Crippen LogP contribution in [-0.2, 0) is 9.53 Å². The summed E-state index contributed by atoms with van der Waals surface area (Å²) >= 11 is 0. The summed E-state index contributed by atoms with van der Waals surface area (Å²) in [5.41, 5.74) is 4.27. The standard InChI is InChI=1S/C22H31N3O3/c1-5-28-21(26)19-18(13-25-10-8-14(2)9-11-25)23-22(27)24-20(19)17-7-6-15(3)12-16(17)4/h6-7,12,14,20H,5,8-11,13H2,1-4H3,(H2,23,24,27)/t20-/m1/s1. The number of hydrogen-bond donors (Lipinski definition) is 2. The molecule has 152 valence electrons. The summed E-state index contributed by atoms with van der Waals surface area (Å²) in [4.78, 5) is 27.6. The third-order valence-corrected chi connectivity index (χ3v) is 5.64. The number of nitrogens with one attached hydrogen (secondary N) is 2. The lowest BCUT2D eigenvalue weighted by atomic mass is 9.91. The van der Waals surface area contributed by atoms with Gasteiger partial charge in [0.1, 0.15) is 0 Å². The molecule has 6 nitrogen and oxygen atoms in total.